The summed E-state index contributed by atoms with van der Waals surface area (Å²) >= 11 is 12.1. The monoisotopic (exact) mass is 434 g/mol. The largest absolute Gasteiger partial charge is 0.482 e. The van der Waals surface area contributed by atoms with Crippen molar-refractivity contribution >= 4 is 41.0 Å². The number of hydrogen-bond acceptors (Lipinski definition) is 5. The number of rotatable bonds is 4. The zero-order chi connectivity index (χ0) is 21.3. The zero-order valence-electron chi connectivity index (χ0n) is 16.5. The highest BCUT2D eigenvalue weighted by molar-refractivity contribution is 6.35. The first-order valence-electron chi connectivity index (χ1n) is 8.92. The topological polar surface area (TPSA) is 61.8 Å². The van der Waals surface area contributed by atoms with Gasteiger partial charge in [-0.05, 0) is 63.1 Å². The fourth-order valence-corrected chi connectivity index (χ4v) is 3.30. The Hall–Kier alpha value is -2.50. The number of Topliss-reactive ketones (excluding diaryl/α,β-unsaturated/α-hetero) is 1. The van der Waals surface area contributed by atoms with E-state index in [1.807, 2.05) is 0 Å². The van der Waals surface area contributed by atoms with Crippen LogP contribution in [-0.2, 0) is 9.53 Å². The Morgan fingerprint density at radius 3 is 2.55 bits per heavy atom. The Bertz CT molecular complexity index is 1020. The summed E-state index contributed by atoms with van der Waals surface area (Å²) in [6, 6.07) is 8.24. The van der Waals surface area contributed by atoms with Gasteiger partial charge < -0.3 is 14.2 Å². The highest BCUT2D eigenvalue weighted by Gasteiger charge is 2.30. The van der Waals surface area contributed by atoms with Gasteiger partial charge in [0.05, 0.1) is 5.56 Å². The van der Waals surface area contributed by atoms with Crippen LogP contribution in [0.5, 0.6) is 11.5 Å². The second-order valence-corrected chi connectivity index (χ2v) is 8.44. The van der Waals surface area contributed by atoms with Crippen LogP contribution in [0.15, 0.2) is 36.1 Å². The number of halogens is 2. The molecule has 152 valence electrons. The van der Waals surface area contributed by atoms with E-state index in [9.17, 15) is 9.59 Å². The van der Waals surface area contributed by atoms with E-state index in [4.69, 9.17) is 37.4 Å². The highest BCUT2D eigenvalue weighted by Crippen LogP contribution is 2.38. The molecule has 0 N–H and O–H groups in total. The number of ether oxygens (including phenoxy) is 3. The fourth-order valence-electron chi connectivity index (χ4n) is 2.83. The molecule has 0 aromatic heterocycles. The van der Waals surface area contributed by atoms with Gasteiger partial charge in [0.1, 0.15) is 17.1 Å². The molecule has 3 rings (SSSR count). The zero-order valence-corrected chi connectivity index (χ0v) is 18.0. The van der Waals surface area contributed by atoms with Crippen LogP contribution < -0.4 is 9.47 Å². The summed E-state index contributed by atoms with van der Waals surface area (Å²) in [6.07, 6.45) is 1.57. The number of allylic oxidation sites excluding steroid dienone is 1. The predicted molar refractivity (Wildman–Crippen MR) is 112 cm³/mol. The molecule has 2 aromatic carbocycles. The quantitative estimate of drug-likeness (QED) is 0.460. The van der Waals surface area contributed by atoms with Gasteiger partial charge in [-0.1, -0.05) is 29.3 Å². The predicted octanol–water partition coefficient (Wildman–Crippen LogP) is 5.64. The smallest absolute Gasteiger partial charge is 0.344 e. The summed E-state index contributed by atoms with van der Waals surface area (Å²) in [5.41, 5.74) is 1.15. The van der Waals surface area contributed by atoms with Crippen LogP contribution in [0.25, 0.3) is 6.08 Å². The minimum absolute atomic E-state index is 0.150. The normalized spacial score (nSPS) is 14.6. The van der Waals surface area contributed by atoms with E-state index in [1.54, 1.807) is 64.1 Å². The van der Waals surface area contributed by atoms with Gasteiger partial charge in [0.15, 0.2) is 12.4 Å². The lowest BCUT2D eigenvalue weighted by molar-refractivity contribution is -0.157. The number of hydrogen-bond donors (Lipinski definition) is 0. The molecule has 1 aliphatic rings. The molecule has 29 heavy (non-hydrogen) atoms. The minimum atomic E-state index is -0.591. The number of esters is 1. The van der Waals surface area contributed by atoms with Crippen LogP contribution >= 0.6 is 23.2 Å². The van der Waals surface area contributed by atoms with Gasteiger partial charge >= 0.3 is 5.97 Å². The van der Waals surface area contributed by atoms with Crippen molar-refractivity contribution in [3.8, 4) is 11.5 Å². The summed E-state index contributed by atoms with van der Waals surface area (Å²) in [5.74, 6) is 0.195. The maximum atomic E-state index is 12.8. The van der Waals surface area contributed by atoms with Crippen LogP contribution in [-0.4, -0.2) is 24.0 Å². The number of carbonyl (C=O) groups is 2. The molecule has 0 spiro atoms. The van der Waals surface area contributed by atoms with Gasteiger partial charge in [-0.3, -0.25) is 4.79 Å². The van der Waals surface area contributed by atoms with Crippen molar-refractivity contribution in [3.63, 3.8) is 0 Å². The first-order chi connectivity index (χ1) is 13.5. The third-order valence-corrected chi connectivity index (χ3v) is 4.53. The summed E-state index contributed by atoms with van der Waals surface area (Å²) in [5, 5.41) is 0.914. The van der Waals surface area contributed by atoms with Crippen molar-refractivity contribution in [1.82, 2.24) is 0 Å². The minimum Gasteiger partial charge on any atom is -0.482 e. The van der Waals surface area contributed by atoms with Crippen LogP contribution in [0.1, 0.15) is 42.3 Å². The molecule has 1 heterocycles. The molecule has 0 saturated heterocycles. The Morgan fingerprint density at radius 1 is 1.17 bits per heavy atom. The standard InChI is InChI=1S/C22H20Cl2O5/c1-12-7-15(27-11-19(25)29-22(2,3)4)10-17-20(12)21(26)18(28-17)8-13-5-6-14(23)9-16(13)24/h5-10H,11H2,1-4H3/b18-8-. The van der Waals surface area contributed by atoms with E-state index in [2.05, 4.69) is 0 Å². The molecule has 0 unspecified atom stereocenters. The van der Waals surface area contributed by atoms with Crippen molar-refractivity contribution in [3.05, 3.63) is 62.8 Å². The molecule has 0 radical (unpaired) electrons. The van der Waals surface area contributed by atoms with Crippen molar-refractivity contribution in [2.24, 2.45) is 0 Å². The molecule has 0 amide bonds. The average molecular weight is 435 g/mol. The van der Waals surface area contributed by atoms with E-state index in [1.165, 1.54) is 0 Å². The number of fused-ring (bicyclic) bond motifs is 1. The summed E-state index contributed by atoms with van der Waals surface area (Å²) in [7, 11) is 0. The molecule has 0 fully saturated rings. The SMILES string of the molecule is Cc1cc(OCC(=O)OC(C)(C)C)cc2c1C(=O)/C(=C/c1ccc(Cl)cc1Cl)O2. The lowest BCUT2D eigenvalue weighted by Gasteiger charge is -2.19. The molecule has 1 aliphatic heterocycles. The number of benzene rings is 2. The van der Waals surface area contributed by atoms with Crippen LogP contribution in [0.2, 0.25) is 10.0 Å². The molecule has 0 atom stereocenters. The van der Waals surface area contributed by atoms with Crippen LogP contribution in [0.4, 0.5) is 0 Å². The summed E-state index contributed by atoms with van der Waals surface area (Å²) < 4.78 is 16.5. The van der Waals surface area contributed by atoms with Gasteiger partial charge in [-0.15, -0.1) is 0 Å². The van der Waals surface area contributed by atoms with Crippen molar-refractivity contribution in [1.29, 1.82) is 0 Å². The Kier molecular flexibility index (Phi) is 5.92. The van der Waals surface area contributed by atoms with Crippen LogP contribution in [0.3, 0.4) is 0 Å². The van der Waals surface area contributed by atoms with Crippen molar-refractivity contribution in [2.75, 3.05) is 6.61 Å². The molecule has 7 heteroatoms. The van der Waals surface area contributed by atoms with Crippen LogP contribution in [0, 0.1) is 6.92 Å². The van der Waals surface area contributed by atoms with Gasteiger partial charge in [0, 0.05) is 16.1 Å². The summed E-state index contributed by atoms with van der Waals surface area (Å²) in [6.45, 7) is 6.88. The molecule has 0 aliphatic carbocycles. The van der Waals surface area contributed by atoms with Gasteiger partial charge in [-0.25, -0.2) is 4.79 Å². The van der Waals surface area contributed by atoms with Gasteiger partial charge in [0.2, 0.25) is 5.78 Å². The Balaban J connectivity index is 1.80. The number of ketones is 1. The molecular weight excluding hydrogens is 415 g/mol. The maximum Gasteiger partial charge on any atom is 0.344 e. The summed E-state index contributed by atoms with van der Waals surface area (Å²) in [4.78, 5) is 24.6. The first kappa shape index (κ1) is 21.2. The fraction of sp³-hybridized carbons (Fsp3) is 0.273. The maximum absolute atomic E-state index is 12.8. The molecule has 0 bridgehead atoms. The lowest BCUT2D eigenvalue weighted by Crippen LogP contribution is -2.27. The number of aryl methyl sites for hydroxylation is 1. The van der Waals surface area contributed by atoms with E-state index in [0.717, 1.165) is 0 Å². The molecule has 2 aromatic rings. The van der Waals surface area contributed by atoms with E-state index in [-0.39, 0.29) is 18.1 Å². The third kappa shape index (κ3) is 5.11. The Labute approximate surface area is 179 Å². The van der Waals surface area contributed by atoms with E-state index >= 15 is 0 Å². The van der Waals surface area contributed by atoms with Gasteiger partial charge in [0.25, 0.3) is 0 Å². The second-order valence-electron chi connectivity index (χ2n) is 7.59. The lowest BCUT2D eigenvalue weighted by atomic mass is 10.0. The van der Waals surface area contributed by atoms with Gasteiger partial charge in [-0.2, -0.15) is 0 Å². The van der Waals surface area contributed by atoms with E-state index < -0.39 is 11.6 Å². The average Bonchev–Trinajstić information content (AvgIpc) is 2.90. The molecular formula is C22H20Cl2O5. The second kappa shape index (κ2) is 8.09. The Morgan fingerprint density at radius 2 is 1.90 bits per heavy atom. The van der Waals surface area contributed by atoms with Crippen molar-refractivity contribution < 1.29 is 23.8 Å². The third-order valence-electron chi connectivity index (χ3n) is 3.97. The first-order valence-corrected chi connectivity index (χ1v) is 9.68. The number of carbonyl (C=O) groups excluding carboxylic acids is 2. The highest BCUT2D eigenvalue weighted by atomic mass is 35.5. The van der Waals surface area contributed by atoms with Crippen molar-refractivity contribution in [2.45, 2.75) is 33.3 Å². The molecule has 0 saturated carbocycles. The van der Waals surface area contributed by atoms with E-state index in [0.29, 0.717) is 38.2 Å². The molecule has 5 nitrogen and oxygen atoms in total.